The molecule has 4 rings (SSSR count). The van der Waals surface area contributed by atoms with Crippen molar-refractivity contribution in [3.63, 3.8) is 0 Å². The number of fused-ring (bicyclic) bond motifs is 1. The lowest BCUT2D eigenvalue weighted by Crippen LogP contribution is -2.35. The fourth-order valence-electron chi connectivity index (χ4n) is 3.63. The Hall–Kier alpha value is -2.60. The van der Waals surface area contributed by atoms with Gasteiger partial charge in [0.05, 0.1) is 11.7 Å². The summed E-state index contributed by atoms with van der Waals surface area (Å²) < 4.78 is 7.61. The van der Waals surface area contributed by atoms with Crippen LogP contribution in [0.5, 0.6) is 5.75 Å². The molecule has 11 heteroatoms. The summed E-state index contributed by atoms with van der Waals surface area (Å²) in [5.41, 5.74) is 1.16. The molecule has 3 aromatic rings. The summed E-state index contributed by atoms with van der Waals surface area (Å²) in [5, 5.41) is 6.91. The monoisotopic (exact) mass is 582 g/mol. The van der Waals surface area contributed by atoms with Gasteiger partial charge in [-0.05, 0) is 37.1 Å². The van der Waals surface area contributed by atoms with Crippen molar-refractivity contribution in [1.29, 1.82) is 0 Å². The second-order valence-corrected chi connectivity index (χ2v) is 9.93. The number of nitrogens with one attached hydrogen (secondary N) is 2. The highest BCUT2D eigenvalue weighted by Gasteiger charge is 2.20. The normalized spacial score (nSPS) is 14.4. The van der Waals surface area contributed by atoms with Crippen molar-refractivity contribution < 1.29 is 9.53 Å². The molecular formula is C22H24ClIN6O3. The van der Waals surface area contributed by atoms with Gasteiger partial charge < -0.3 is 24.8 Å². The zero-order valence-corrected chi connectivity index (χ0v) is 21.2. The minimum atomic E-state index is -0.315. The van der Waals surface area contributed by atoms with Crippen molar-refractivity contribution in [2.45, 2.75) is 16.8 Å². The van der Waals surface area contributed by atoms with E-state index in [0.717, 1.165) is 42.5 Å². The van der Waals surface area contributed by atoms with Crippen LogP contribution in [0.1, 0.15) is 12.8 Å². The van der Waals surface area contributed by atoms with Crippen LogP contribution in [0.4, 0.5) is 17.5 Å². The van der Waals surface area contributed by atoms with E-state index in [0.29, 0.717) is 20.7 Å². The SMILES string of the molecule is CNC(=O)COc1cc2cc(Nc3nc(N4CCC(I)CC4)ncc3Cl)ccc2n(C)c1=O. The molecule has 0 bridgehead atoms. The Balaban J connectivity index is 1.61. The molecular weight excluding hydrogens is 559 g/mol. The van der Waals surface area contributed by atoms with Gasteiger partial charge in [-0.25, -0.2) is 4.98 Å². The Kier molecular flexibility index (Phi) is 7.23. The maximum absolute atomic E-state index is 12.6. The number of ether oxygens (including phenoxy) is 1. The summed E-state index contributed by atoms with van der Waals surface area (Å²) in [4.78, 5) is 35.3. The number of halogens is 2. The van der Waals surface area contributed by atoms with Crippen molar-refractivity contribution in [1.82, 2.24) is 19.9 Å². The third-order valence-electron chi connectivity index (χ3n) is 5.53. The number of rotatable bonds is 6. The van der Waals surface area contributed by atoms with E-state index in [2.05, 4.69) is 48.1 Å². The lowest BCUT2D eigenvalue weighted by atomic mass is 10.1. The van der Waals surface area contributed by atoms with Crippen LogP contribution in [0.2, 0.25) is 5.02 Å². The van der Waals surface area contributed by atoms with Gasteiger partial charge >= 0.3 is 0 Å². The standard InChI is InChI=1S/C22H24ClIN6O3/c1-25-19(31)12-33-18-10-13-9-15(3-4-17(13)29(2)21(18)32)27-20-16(23)11-26-22(28-20)30-7-5-14(24)6-8-30/h3-4,9-11,14H,5-8,12H2,1-2H3,(H,25,31)(H,26,27,28). The van der Waals surface area contributed by atoms with Crippen LogP contribution in [0.3, 0.4) is 0 Å². The van der Waals surface area contributed by atoms with Crippen LogP contribution in [0, 0.1) is 0 Å². The number of carbonyl (C=O) groups is 1. The van der Waals surface area contributed by atoms with Crippen LogP contribution in [0.15, 0.2) is 35.3 Å². The van der Waals surface area contributed by atoms with Crippen molar-refractivity contribution in [3.8, 4) is 5.75 Å². The van der Waals surface area contributed by atoms with Crippen LogP contribution >= 0.6 is 34.2 Å². The summed E-state index contributed by atoms with van der Waals surface area (Å²) in [6.07, 6.45) is 3.81. The van der Waals surface area contributed by atoms with E-state index < -0.39 is 0 Å². The first-order chi connectivity index (χ1) is 15.9. The number of piperidine rings is 1. The highest BCUT2D eigenvalue weighted by molar-refractivity contribution is 14.1. The Morgan fingerprint density at radius 3 is 2.79 bits per heavy atom. The zero-order valence-electron chi connectivity index (χ0n) is 18.3. The summed E-state index contributed by atoms with van der Waals surface area (Å²) in [5.74, 6) is 0.952. The number of hydrogen-bond acceptors (Lipinski definition) is 7. The molecule has 0 radical (unpaired) electrons. The lowest BCUT2D eigenvalue weighted by Gasteiger charge is -2.29. The van der Waals surface area contributed by atoms with Gasteiger partial charge in [-0.1, -0.05) is 34.2 Å². The fourth-order valence-corrected chi connectivity index (χ4v) is 4.33. The lowest BCUT2D eigenvalue weighted by molar-refractivity contribution is -0.122. The smallest absolute Gasteiger partial charge is 0.293 e. The molecule has 1 saturated heterocycles. The third-order valence-corrected chi connectivity index (χ3v) is 7.05. The second kappa shape index (κ2) is 10.1. The molecule has 1 aromatic carbocycles. The van der Waals surface area contributed by atoms with Gasteiger partial charge in [0.2, 0.25) is 5.95 Å². The molecule has 2 N–H and O–H groups in total. The maximum atomic E-state index is 12.6. The van der Waals surface area contributed by atoms with Gasteiger partial charge in [0.15, 0.2) is 18.2 Å². The fraction of sp³-hybridized carbons (Fsp3) is 0.364. The summed E-state index contributed by atoms with van der Waals surface area (Å²) >= 11 is 8.86. The van der Waals surface area contributed by atoms with E-state index in [9.17, 15) is 9.59 Å². The zero-order chi connectivity index (χ0) is 23.5. The van der Waals surface area contributed by atoms with E-state index in [4.69, 9.17) is 16.3 Å². The van der Waals surface area contributed by atoms with E-state index >= 15 is 0 Å². The molecule has 0 saturated carbocycles. The first kappa shape index (κ1) is 23.6. The van der Waals surface area contributed by atoms with Gasteiger partial charge in [0.1, 0.15) is 5.02 Å². The number of nitrogens with zero attached hydrogens (tertiary/aromatic N) is 4. The molecule has 9 nitrogen and oxygen atoms in total. The molecule has 0 atom stereocenters. The predicted octanol–water partition coefficient (Wildman–Crippen LogP) is 3.25. The minimum Gasteiger partial charge on any atom is -0.478 e. The third kappa shape index (κ3) is 5.32. The number of amides is 1. The molecule has 0 aliphatic carbocycles. The van der Waals surface area contributed by atoms with Gasteiger partial charge in [-0.2, -0.15) is 4.98 Å². The van der Waals surface area contributed by atoms with Crippen LogP contribution in [-0.2, 0) is 11.8 Å². The number of anilines is 3. The van der Waals surface area contributed by atoms with Gasteiger partial charge in [0.25, 0.3) is 11.5 Å². The Bertz CT molecular complexity index is 1240. The average Bonchev–Trinajstić information content (AvgIpc) is 2.82. The molecule has 1 aliphatic rings. The molecule has 3 heterocycles. The first-order valence-electron chi connectivity index (χ1n) is 10.5. The summed E-state index contributed by atoms with van der Waals surface area (Å²) in [6.45, 7) is 1.60. The molecule has 33 heavy (non-hydrogen) atoms. The van der Waals surface area contributed by atoms with E-state index in [1.54, 1.807) is 19.3 Å². The van der Waals surface area contributed by atoms with Gasteiger partial charge in [0, 0.05) is 42.2 Å². The molecule has 2 aromatic heterocycles. The largest absolute Gasteiger partial charge is 0.478 e. The molecule has 1 fully saturated rings. The van der Waals surface area contributed by atoms with Crippen molar-refractivity contribution in [2.24, 2.45) is 7.05 Å². The number of aromatic nitrogens is 3. The molecule has 174 valence electrons. The Labute approximate surface area is 209 Å². The topological polar surface area (TPSA) is 101 Å². The average molecular weight is 583 g/mol. The Morgan fingerprint density at radius 1 is 1.30 bits per heavy atom. The van der Waals surface area contributed by atoms with Gasteiger partial charge in [-0.3, -0.25) is 9.59 Å². The molecule has 1 aliphatic heterocycles. The maximum Gasteiger partial charge on any atom is 0.293 e. The van der Waals surface area contributed by atoms with Crippen molar-refractivity contribution in [2.75, 3.05) is 37.0 Å². The van der Waals surface area contributed by atoms with E-state index in [1.165, 1.54) is 11.6 Å². The van der Waals surface area contributed by atoms with Crippen molar-refractivity contribution in [3.05, 3.63) is 45.8 Å². The highest BCUT2D eigenvalue weighted by atomic mass is 127. The van der Waals surface area contributed by atoms with Crippen molar-refractivity contribution >= 4 is 68.5 Å². The molecule has 0 spiro atoms. The van der Waals surface area contributed by atoms with Crippen LogP contribution in [-0.4, -0.2) is 51.1 Å². The minimum absolute atomic E-state index is 0.103. The number of aryl methyl sites for hydroxylation is 1. The summed E-state index contributed by atoms with van der Waals surface area (Å²) in [6, 6.07) is 7.20. The second-order valence-electron chi connectivity index (χ2n) is 7.76. The Morgan fingerprint density at radius 2 is 2.06 bits per heavy atom. The predicted molar refractivity (Wildman–Crippen MR) is 138 cm³/mol. The number of hydrogen-bond donors (Lipinski definition) is 2. The summed E-state index contributed by atoms with van der Waals surface area (Å²) in [7, 11) is 3.17. The molecule has 1 amide bonds. The van der Waals surface area contributed by atoms with E-state index in [1.807, 2.05) is 18.2 Å². The molecule has 0 unspecified atom stereocenters. The van der Waals surface area contributed by atoms with Crippen LogP contribution < -0.4 is 25.8 Å². The quantitative estimate of drug-likeness (QED) is 0.340. The number of likely N-dealkylation sites (N-methyl/N-ethyl adjacent to an activating group) is 1. The van der Waals surface area contributed by atoms with Crippen LogP contribution in [0.25, 0.3) is 10.9 Å². The first-order valence-corrected chi connectivity index (χ1v) is 12.1. The number of alkyl halides is 1. The van der Waals surface area contributed by atoms with Gasteiger partial charge in [-0.15, -0.1) is 0 Å². The number of carbonyl (C=O) groups excluding carboxylic acids is 1. The number of benzene rings is 1. The van der Waals surface area contributed by atoms with E-state index in [-0.39, 0.29) is 23.8 Å². The highest BCUT2D eigenvalue weighted by Crippen LogP contribution is 2.29. The number of pyridine rings is 1.